The first kappa shape index (κ1) is 18.3. The highest BCUT2D eigenvalue weighted by molar-refractivity contribution is 5.94. The van der Waals surface area contributed by atoms with E-state index in [0.717, 1.165) is 25.0 Å². The van der Waals surface area contributed by atoms with Gasteiger partial charge in [0.05, 0.1) is 13.2 Å². The van der Waals surface area contributed by atoms with Gasteiger partial charge in [-0.1, -0.05) is 0 Å². The Morgan fingerprint density at radius 3 is 2.46 bits per heavy atom. The molecule has 1 aliphatic rings. The molecule has 2 rings (SSSR count). The van der Waals surface area contributed by atoms with E-state index in [2.05, 4.69) is 0 Å². The molecule has 0 spiro atoms. The van der Waals surface area contributed by atoms with Crippen LogP contribution in [0.25, 0.3) is 0 Å². The third-order valence-electron chi connectivity index (χ3n) is 3.73. The standard InChI is InChI=1S/C18H24O6/c1-3-21-17(20)24-18(13-23-18)11-5-4-6-12-22-16-9-7-15(8-10-16)14(2)19/h7-10H,3-6,11-13H2,1-2H3. The van der Waals surface area contributed by atoms with E-state index >= 15 is 0 Å². The molecule has 1 aliphatic heterocycles. The zero-order valence-electron chi connectivity index (χ0n) is 14.2. The van der Waals surface area contributed by atoms with Crippen molar-refractivity contribution in [2.45, 2.75) is 45.3 Å². The van der Waals surface area contributed by atoms with Crippen LogP contribution in [0.5, 0.6) is 5.75 Å². The van der Waals surface area contributed by atoms with Crippen LogP contribution in [-0.4, -0.2) is 37.5 Å². The van der Waals surface area contributed by atoms with Crippen LogP contribution >= 0.6 is 0 Å². The van der Waals surface area contributed by atoms with Crippen molar-refractivity contribution in [1.82, 2.24) is 0 Å². The maximum atomic E-state index is 11.3. The lowest BCUT2D eigenvalue weighted by Crippen LogP contribution is -2.22. The molecule has 1 heterocycles. The molecular formula is C18H24O6. The Morgan fingerprint density at radius 1 is 1.17 bits per heavy atom. The van der Waals surface area contributed by atoms with Crippen LogP contribution in [0.4, 0.5) is 4.79 Å². The summed E-state index contributed by atoms with van der Waals surface area (Å²) in [5.74, 6) is 0.0331. The van der Waals surface area contributed by atoms with Gasteiger partial charge in [0.25, 0.3) is 0 Å². The topological polar surface area (TPSA) is 74.4 Å². The number of benzene rings is 1. The Kier molecular flexibility index (Phi) is 6.61. The SMILES string of the molecule is CCOC(=O)OC1(CCCCCOc2ccc(C(C)=O)cc2)CO1. The number of hydrogen-bond acceptors (Lipinski definition) is 6. The van der Waals surface area contributed by atoms with E-state index in [1.807, 2.05) is 0 Å². The molecule has 0 radical (unpaired) electrons. The zero-order chi connectivity index (χ0) is 17.4. The van der Waals surface area contributed by atoms with E-state index in [1.165, 1.54) is 6.92 Å². The number of unbranched alkanes of at least 4 members (excludes halogenated alkanes) is 2. The van der Waals surface area contributed by atoms with E-state index in [9.17, 15) is 9.59 Å². The highest BCUT2D eigenvalue weighted by Gasteiger charge is 2.49. The van der Waals surface area contributed by atoms with E-state index in [-0.39, 0.29) is 5.78 Å². The molecule has 0 amide bonds. The van der Waals surface area contributed by atoms with Crippen molar-refractivity contribution in [1.29, 1.82) is 0 Å². The van der Waals surface area contributed by atoms with Gasteiger partial charge in [-0.3, -0.25) is 4.79 Å². The first-order chi connectivity index (χ1) is 11.5. The van der Waals surface area contributed by atoms with Crippen LogP contribution in [0.2, 0.25) is 0 Å². The largest absolute Gasteiger partial charge is 0.510 e. The first-order valence-corrected chi connectivity index (χ1v) is 8.28. The van der Waals surface area contributed by atoms with Crippen molar-refractivity contribution >= 4 is 11.9 Å². The molecule has 1 saturated heterocycles. The third kappa shape index (κ3) is 5.85. The van der Waals surface area contributed by atoms with Gasteiger partial charge in [-0.05, 0) is 57.4 Å². The van der Waals surface area contributed by atoms with Crippen molar-refractivity contribution in [2.24, 2.45) is 0 Å². The normalized spacial score (nSPS) is 18.8. The van der Waals surface area contributed by atoms with Crippen LogP contribution in [0, 0.1) is 0 Å². The fraction of sp³-hybridized carbons (Fsp3) is 0.556. The predicted molar refractivity (Wildman–Crippen MR) is 87.2 cm³/mol. The maximum Gasteiger partial charge on any atom is 0.510 e. The highest BCUT2D eigenvalue weighted by Crippen LogP contribution is 2.34. The molecule has 6 nitrogen and oxygen atoms in total. The van der Waals surface area contributed by atoms with Gasteiger partial charge < -0.3 is 18.9 Å². The minimum absolute atomic E-state index is 0.0443. The molecule has 0 aromatic heterocycles. The molecule has 1 atom stereocenters. The second kappa shape index (κ2) is 8.68. The average Bonchev–Trinajstić information content (AvgIpc) is 3.31. The van der Waals surface area contributed by atoms with Crippen LogP contribution in [0.3, 0.4) is 0 Å². The van der Waals surface area contributed by atoms with Gasteiger partial charge in [0.1, 0.15) is 12.4 Å². The Balaban J connectivity index is 1.57. The van der Waals surface area contributed by atoms with Crippen molar-refractivity contribution in [3.05, 3.63) is 29.8 Å². The van der Waals surface area contributed by atoms with E-state index in [0.29, 0.717) is 31.8 Å². The van der Waals surface area contributed by atoms with E-state index < -0.39 is 11.9 Å². The summed E-state index contributed by atoms with van der Waals surface area (Å²) in [6.07, 6.45) is 2.71. The second-order valence-corrected chi connectivity index (χ2v) is 5.72. The summed E-state index contributed by atoms with van der Waals surface area (Å²) < 4.78 is 20.8. The van der Waals surface area contributed by atoms with Gasteiger partial charge in [-0.15, -0.1) is 0 Å². The quantitative estimate of drug-likeness (QED) is 0.280. The Bertz CT molecular complexity index is 547. The zero-order valence-corrected chi connectivity index (χ0v) is 14.2. The molecule has 1 aromatic carbocycles. The fourth-order valence-electron chi connectivity index (χ4n) is 2.28. The van der Waals surface area contributed by atoms with Crippen LogP contribution < -0.4 is 4.74 Å². The summed E-state index contributed by atoms with van der Waals surface area (Å²) in [6, 6.07) is 7.13. The minimum Gasteiger partial charge on any atom is -0.494 e. The predicted octanol–water partition coefficient (Wildman–Crippen LogP) is 3.73. The summed E-state index contributed by atoms with van der Waals surface area (Å²) in [6.45, 7) is 4.60. The molecular weight excluding hydrogens is 312 g/mol. The number of ketones is 1. The lowest BCUT2D eigenvalue weighted by molar-refractivity contribution is -0.0382. The number of ether oxygens (including phenoxy) is 4. The number of carbonyl (C=O) groups is 2. The number of Topliss-reactive ketones (excluding diaryl/α,β-unsaturated/α-hetero) is 1. The Hall–Kier alpha value is -2.08. The van der Waals surface area contributed by atoms with Gasteiger partial charge in [-0.2, -0.15) is 0 Å². The van der Waals surface area contributed by atoms with Crippen LogP contribution in [0.15, 0.2) is 24.3 Å². The molecule has 1 aromatic rings. The molecule has 1 unspecified atom stereocenters. The summed E-state index contributed by atoms with van der Waals surface area (Å²) in [5.41, 5.74) is 0.679. The Labute approximate surface area is 142 Å². The monoisotopic (exact) mass is 336 g/mol. The molecule has 1 fully saturated rings. The van der Waals surface area contributed by atoms with Gasteiger partial charge in [0.15, 0.2) is 5.78 Å². The van der Waals surface area contributed by atoms with Crippen molar-refractivity contribution in [3.8, 4) is 5.75 Å². The number of rotatable bonds is 10. The van der Waals surface area contributed by atoms with Crippen LogP contribution in [-0.2, 0) is 14.2 Å². The third-order valence-corrected chi connectivity index (χ3v) is 3.73. The lowest BCUT2D eigenvalue weighted by Gasteiger charge is -2.12. The van der Waals surface area contributed by atoms with Gasteiger partial charge in [0.2, 0.25) is 5.79 Å². The minimum atomic E-state index is -0.768. The fourth-order valence-corrected chi connectivity index (χ4v) is 2.28. The van der Waals surface area contributed by atoms with E-state index in [4.69, 9.17) is 18.9 Å². The van der Waals surface area contributed by atoms with Gasteiger partial charge >= 0.3 is 6.16 Å². The smallest absolute Gasteiger partial charge is 0.494 e. The van der Waals surface area contributed by atoms with Crippen molar-refractivity contribution < 1.29 is 28.5 Å². The second-order valence-electron chi connectivity index (χ2n) is 5.72. The summed E-state index contributed by atoms with van der Waals surface area (Å²) in [4.78, 5) is 22.5. The Morgan fingerprint density at radius 2 is 1.88 bits per heavy atom. The summed E-state index contributed by atoms with van der Waals surface area (Å²) >= 11 is 0. The molecule has 0 bridgehead atoms. The van der Waals surface area contributed by atoms with Crippen LogP contribution in [0.1, 0.15) is 49.9 Å². The molecule has 0 saturated carbocycles. The first-order valence-electron chi connectivity index (χ1n) is 8.28. The number of carbonyl (C=O) groups excluding carboxylic acids is 2. The molecule has 0 N–H and O–H groups in total. The van der Waals surface area contributed by atoms with E-state index in [1.54, 1.807) is 31.2 Å². The molecule has 6 heteroatoms. The molecule has 132 valence electrons. The maximum absolute atomic E-state index is 11.3. The number of epoxide rings is 1. The van der Waals surface area contributed by atoms with Crippen molar-refractivity contribution in [2.75, 3.05) is 19.8 Å². The highest BCUT2D eigenvalue weighted by atomic mass is 16.8. The lowest BCUT2D eigenvalue weighted by atomic mass is 10.1. The number of hydrogen-bond donors (Lipinski definition) is 0. The van der Waals surface area contributed by atoms with Crippen molar-refractivity contribution in [3.63, 3.8) is 0 Å². The summed E-state index contributed by atoms with van der Waals surface area (Å²) in [7, 11) is 0. The molecule has 0 aliphatic carbocycles. The molecule has 24 heavy (non-hydrogen) atoms. The average molecular weight is 336 g/mol. The van der Waals surface area contributed by atoms with Gasteiger partial charge in [-0.25, -0.2) is 4.79 Å². The van der Waals surface area contributed by atoms with Gasteiger partial charge in [0, 0.05) is 12.0 Å². The summed E-state index contributed by atoms with van der Waals surface area (Å²) in [5, 5.41) is 0.